The summed E-state index contributed by atoms with van der Waals surface area (Å²) in [6, 6.07) is 0. The van der Waals surface area contributed by atoms with Crippen LogP contribution in [0.5, 0.6) is 0 Å². The Bertz CT molecular complexity index is 264. The van der Waals surface area contributed by atoms with Crippen LogP contribution in [0.3, 0.4) is 0 Å². The van der Waals surface area contributed by atoms with Crippen LogP contribution in [0.2, 0.25) is 0 Å². The van der Waals surface area contributed by atoms with Gasteiger partial charge >= 0.3 is 0 Å². The van der Waals surface area contributed by atoms with Gasteiger partial charge < -0.3 is 9.47 Å². The van der Waals surface area contributed by atoms with E-state index in [-0.39, 0.29) is 30.0 Å². The largest absolute Gasteiger partial charge is 0.489 e. The van der Waals surface area contributed by atoms with E-state index in [1.807, 2.05) is 18.2 Å². The Balaban J connectivity index is -0.000000118. The van der Waals surface area contributed by atoms with Gasteiger partial charge in [0.1, 0.15) is 6.10 Å². The predicted octanol–water partition coefficient (Wildman–Crippen LogP) is 6.30. The number of hydrogen-bond donors (Lipinski definition) is 0. The van der Waals surface area contributed by atoms with E-state index in [4.69, 9.17) is 9.47 Å². The molecule has 23 heavy (non-hydrogen) atoms. The molecule has 2 nitrogen and oxygen atoms in total. The molecule has 0 aromatic rings. The third-order valence-electron chi connectivity index (χ3n) is 2.82. The minimum atomic E-state index is 0. The summed E-state index contributed by atoms with van der Waals surface area (Å²) in [6.07, 6.45) is 13.5. The van der Waals surface area contributed by atoms with Gasteiger partial charge in [0, 0.05) is 31.0 Å². The van der Waals surface area contributed by atoms with E-state index < -0.39 is 0 Å². The molecule has 1 rings (SSSR count). The predicted molar refractivity (Wildman–Crippen MR) is 106 cm³/mol. The molecule has 136 valence electrons. The zero-order valence-corrected chi connectivity index (χ0v) is 19.7. The van der Waals surface area contributed by atoms with E-state index in [0.717, 1.165) is 5.76 Å². The first kappa shape index (κ1) is 30.7. The maximum Gasteiger partial charge on any atom is 0.161 e. The standard InChI is InChI=1S/C8H10O2.3C4H10.Sn/c1-9-7-3-5-8(10-2)6-4-7;3*1-3-4-2;/h3-5,7H,1-2H3;3*3-4H2,1-2H3;. The molecule has 0 fully saturated rings. The molecule has 0 aromatic carbocycles. The second kappa shape index (κ2) is 29.8. The molecule has 0 spiro atoms. The van der Waals surface area contributed by atoms with Crippen LogP contribution >= 0.6 is 0 Å². The average molecular weight is 431 g/mol. The molecule has 0 bridgehead atoms. The Morgan fingerprint density at radius 1 is 0.826 bits per heavy atom. The number of ether oxygens (including phenoxy) is 2. The van der Waals surface area contributed by atoms with Gasteiger partial charge in [0.05, 0.1) is 7.11 Å². The van der Waals surface area contributed by atoms with Crippen LogP contribution in [0.15, 0.2) is 29.7 Å². The van der Waals surface area contributed by atoms with Gasteiger partial charge in [-0.15, -0.1) is 0 Å². The summed E-state index contributed by atoms with van der Waals surface area (Å²) in [6.45, 7) is 13.1. The molecule has 1 atom stereocenters. The zero-order valence-electron chi connectivity index (χ0n) is 16.9. The topological polar surface area (TPSA) is 18.5 Å². The van der Waals surface area contributed by atoms with Crippen molar-refractivity contribution >= 4 is 23.9 Å². The van der Waals surface area contributed by atoms with Crippen molar-refractivity contribution in [3.05, 3.63) is 29.7 Å². The fraction of sp³-hybridized carbons (Fsp3) is 0.750. The van der Waals surface area contributed by atoms with Gasteiger partial charge in [-0.25, -0.2) is 0 Å². The molecule has 1 aliphatic rings. The number of methoxy groups -OCH3 is 2. The molecule has 0 saturated carbocycles. The molecule has 0 saturated heterocycles. The Kier molecular flexibility index (Phi) is 39.7. The Morgan fingerprint density at radius 3 is 1.39 bits per heavy atom. The van der Waals surface area contributed by atoms with Gasteiger partial charge in [-0.2, -0.15) is 0 Å². The Labute approximate surface area is 163 Å². The van der Waals surface area contributed by atoms with Crippen LogP contribution in [-0.2, 0) is 9.47 Å². The first-order valence-electron chi connectivity index (χ1n) is 8.83. The van der Waals surface area contributed by atoms with E-state index >= 15 is 0 Å². The molecular formula is C20H40O2Sn. The molecule has 0 amide bonds. The fourth-order valence-electron chi connectivity index (χ4n) is 0.724. The minimum Gasteiger partial charge on any atom is -0.489 e. The van der Waals surface area contributed by atoms with Crippen LogP contribution in [0.4, 0.5) is 0 Å². The van der Waals surface area contributed by atoms with Gasteiger partial charge in [-0.3, -0.25) is 0 Å². The smallest absolute Gasteiger partial charge is 0.161 e. The number of rotatable bonds is 5. The van der Waals surface area contributed by atoms with Gasteiger partial charge in [0.25, 0.3) is 0 Å². The summed E-state index contributed by atoms with van der Waals surface area (Å²) in [5.74, 6) is 0.744. The van der Waals surface area contributed by atoms with Crippen LogP contribution in [-0.4, -0.2) is 44.2 Å². The van der Waals surface area contributed by atoms with Crippen LogP contribution in [0.1, 0.15) is 80.1 Å². The van der Waals surface area contributed by atoms with E-state index in [1.165, 1.54) is 38.5 Å². The second-order valence-electron chi connectivity index (χ2n) is 4.94. The van der Waals surface area contributed by atoms with Crippen molar-refractivity contribution < 1.29 is 9.47 Å². The van der Waals surface area contributed by atoms with Gasteiger partial charge in [0.15, 0.2) is 5.76 Å². The quantitative estimate of drug-likeness (QED) is 0.376. The van der Waals surface area contributed by atoms with E-state index in [9.17, 15) is 0 Å². The van der Waals surface area contributed by atoms with Gasteiger partial charge in [0.2, 0.25) is 0 Å². The van der Waals surface area contributed by atoms with Crippen molar-refractivity contribution in [2.24, 2.45) is 0 Å². The number of unbranched alkanes of at least 4 members (excludes halogenated alkanes) is 3. The normalized spacial score (nSPS) is 13.7. The summed E-state index contributed by atoms with van der Waals surface area (Å²) in [5.41, 5.74) is 2.93. The van der Waals surface area contributed by atoms with Gasteiger partial charge in [-0.05, 0) is 18.2 Å². The molecule has 4 radical (unpaired) electrons. The first-order chi connectivity index (χ1) is 10.6. The maximum absolute atomic E-state index is 5.01. The van der Waals surface area contributed by atoms with Crippen molar-refractivity contribution in [1.82, 2.24) is 0 Å². The number of hydrogen-bond acceptors (Lipinski definition) is 2. The van der Waals surface area contributed by atoms with Crippen molar-refractivity contribution in [3.63, 3.8) is 0 Å². The SMILES string of the molecule is CCCC.CCCC.CCCC.COC1=C=CC(OC)C=C1.[Sn]. The fourth-order valence-corrected chi connectivity index (χ4v) is 0.724. The van der Waals surface area contributed by atoms with Crippen LogP contribution in [0.25, 0.3) is 0 Å². The Morgan fingerprint density at radius 2 is 1.22 bits per heavy atom. The van der Waals surface area contributed by atoms with E-state index in [0.29, 0.717) is 0 Å². The monoisotopic (exact) mass is 432 g/mol. The van der Waals surface area contributed by atoms with Gasteiger partial charge in [-0.1, -0.05) is 85.8 Å². The van der Waals surface area contributed by atoms with Crippen molar-refractivity contribution in [1.29, 1.82) is 0 Å². The molecule has 1 aliphatic carbocycles. The molecule has 1 unspecified atom stereocenters. The zero-order chi connectivity index (χ0) is 17.6. The minimum absolute atomic E-state index is 0. The van der Waals surface area contributed by atoms with Crippen LogP contribution < -0.4 is 0 Å². The summed E-state index contributed by atoms with van der Waals surface area (Å²) in [4.78, 5) is 0. The average Bonchev–Trinajstić information content (AvgIpc) is 2.62. The molecule has 0 heterocycles. The summed E-state index contributed by atoms with van der Waals surface area (Å²) >= 11 is 0. The summed E-state index contributed by atoms with van der Waals surface area (Å²) in [7, 11) is 3.28. The Hall–Kier alpha value is -0.181. The van der Waals surface area contributed by atoms with Crippen molar-refractivity contribution in [2.75, 3.05) is 14.2 Å². The van der Waals surface area contributed by atoms with Crippen molar-refractivity contribution in [3.8, 4) is 0 Å². The second-order valence-corrected chi connectivity index (χ2v) is 4.94. The summed E-state index contributed by atoms with van der Waals surface area (Å²) < 4.78 is 9.93. The third kappa shape index (κ3) is 30.3. The maximum atomic E-state index is 5.01. The molecule has 0 N–H and O–H groups in total. The van der Waals surface area contributed by atoms with E-state index in [1.54, 1.807) is 14.2 Å². The molecule has 0 aromatic heterocycles. The van der Waals surface area contributed by atoms with E-state index in [2.05, 4.69) is 47.3 Å². The first-order valence-corrected chi connectivity index (χ1v) is 8.83. The molecular weight excluding hydrogens is 391 g/mol. The molecule has 0 aliphatic heterocycles. The van der Waals surface area contributed by atoms with Crippen molar-refractivity contribution in [2.45, 2.75) is 86.2 Å². The molecule has 3 heteroatoms. The summed E-state index contributed by atoms with van der Waals surface area (Å²) in [5, 5.41) is 0. The third-order valence-corrected chi connectivity index (χ3v) is 2.82. The van der Waals surface area contributed by atoms with Crippen LogP contribution in [0, 0.1) is 0 Å².